The molecule has 3 aromatic carbocycles. The average Bonchev–Trinajstić information content (AvgIpc) is 2.68. The summed E-state index contributed by atoms with van der Waals surface area (Å²) in [6, 6.07) is 15.2. The third-order valence-corrected chi connectivity index (χ3v) is 4.40. The van der Waals surface area contributed by atoms with Crippen LogP contribution >= 0.6 is 0 Å². The van der Waals surface area contributed by atoms with Crippen LogP contribution in [0.15, 0.2) is 60.7 Å². The molecule has 0 amide bonds. The van der Waals surface area contributed by atoms with E-state index in [0.29, 0.717) is 5.56 Å². The van der Waals surface area contributed by atoms with Crippen molar-refractivity contribution in [2.45, 2.75) is 26.4 Å². The van der Waals surface area contributed by atoms with Crippen molar-refractivity contribution in [1.29, 1.82) is 0 Å². The Labute approximate surface area is 174 Å². The molecule has 0 unspecified atom stereocenters. The number of carboxylic acids is 1. The second kappa shape index (κ2) is 7.91. The van der Waals surface area contributed by atoms with E-state index < -0.39 is 17.5 Å². The number of rotatable bonds is 4. The number of hydrogen-bond donors (Lipinski definition) is 3. The van der Waals surface area contributed by atoms with Crippen molar-refractivity contribution in [2.24, 2.45) is 0 Å². The molecule has 3 aromatic rings. The Balaban J connectivity index is 2.32. The van der Waals surface area contributed by atoms with Gasteiger partial charge in [-0.15, -0.1) is 0 Å². The predicted octanol–water partition coefficient (Wildman–Crippen LogP) is 5.09. The van der Waals surface area contributed by atoms with Gasteiger partial charge in [-0.2, -0.15) is 0 Å². The molecule has 0 saturated carbocycles. The first-order chi connectivity index (χ1) is 14.1. The van der Waals surface area contributed by atoms with Crippen LogP contribution < -0.4 is 0 Å². The topological polar surface area (TPSA) is 104 Å². The van der Waals surface area contributed by atoms with Crippen LogP contribution in [0, 0.1) is 0 Å². The van der Waals surface area contributed by atoms with Gasteiger partial charge in [0.15, 0.2) is 0 Å². The number of esters is 1. The Bertz CT molecular complexity index is 1120. The van der Waals surface area contributed by atoms with Gasteiger partial charge in [-0.3, -0.25) is 0 Å². The van der Waals surface area contributed by atoms with E-state index >= 15 is 0 Å². The van der Waals surface area contributed by atoms with Gasteiger partial charge in [-0.1, -0.05) is 36.4 Å². The maximum absolute atomic E-state index is 12.8. The summed E-state index contributed by atoms with van der Waals surface area (Å²) in [6.07, 6.45) is 0. The summed E-state index contributed by atoms with van der Waals surface area (Å²) in [7, 11) is 0. The zero-order chi connectivity index (χ0) is 22.1. The van der Waals surface area contributed by atoms with Crippen molar-refractivity contribution in [3.8, 4) is 33.8 Å². The Hall–Kier alpha value is -3.80. The van der Waals surface area contributed by atoms with Crippen LogP contribution in [0.5, 0.6) is 11.5 Å². The molecule has 0 aliphatic heterocycles. The van der Waals surface area contributed by atoms with Crippen LogP contribution in [0.1, 0.15) is 41.5 Å². The summed E-state index contributed by atoms with van der Waals surface area (Å²) in [5, 5.41) is 30.9. The van der Waals surface area contributed by atoms with E-state index in [1.807, 2.05) is 0 Å². The molecule has 0 aliphatic carbocycles. The lowest BCUT2D eigenvalue weighted by atomic mass is 9.88. The SMILES string of the molecule is CC(C)(C)OC(=O)c1ccccc1-c1c(O)ccc(O)c1-c1ccccc1C(=O)O. The molecule has 0 saturated heterocycles. The third kappa shape index (κ3) is 4.12. The molecule has 3 N–H and O–H groups in total. The molecule has 6 nitrogen and oxygen atoms in total. The maximum Gasteiger partial charge on any atom is 0.339 e. The lowest BCUT2D eigenvalue weighted by molar-refractivity contribution is 0.00702. The molecule has 0 radical (unpaired) electrons. The fourth-order valence-electron chi connectivity index (χ4n) is 3.23. The number of phenolic OH excluding ortho intramolecular Hbond substituents is 2. The Morgan fingerprint density at radius 3 is 1.63 bits per heavy atom. The van der Waals surface area contributed by atoms with Gasteiger partial charge in [-0.25, -0.2) is 9.59 Å². The number of carbonyl (C=O) groups excluding carboxylic acids is 1. The number of ether oxygens (including phenoxy) is 1. The minimum Gasteiger partial charge on any atom is -0.507 e. The molecule has 0 heterocycles. The monoisotopic (exact) mass is 406 g/mol. The molecular weight excluding hydrogens is 384 g/mol. The highest BCUT2D eigenvalue weighted by molar-refractivity contribution is 6.05. The fourth-order valence-corrected chi connectivity index (χ4v) is 3.23. The lowest BCUT2D eigenvalue weighted by Gasteiger charge is -2.22. The third-order valence-electron chi connectivity index (χ3n) is 4.40. The summed E-state index contributed by atoms with van der Waals surface area (Å²) in [5.74, 6) is -2.22. The average molecular weight is 406 g/mol. The molecule has 0 aliphatic rings. The molecule has 0 bridgehead atoms. The van der Waals surface area contributed by atoms with Crippen LogP contribution in [0.4, 0.5) is 0 Å². The number of aromatic hydroxyl groups is 2. The lowest BCUT2D eigenvalue weighted by Crippen LogP contribution is -2.24. The van der Waals surface area contributed by atoms with Crippen molar-refractivity contribution in [3.05, 3.63) is 71.8 Å². The Kier molecular flexibility index (Phi) is 5.52. The fraction of sp³-hybridized carbons (Fsp3) is 0.167. The molecule has 0 spiro atoms. The van der Waals surface area contributed by atoms with Crippen molar-refractivity contribution >= 4 is 11.9 Å². The van der Waals surface area contributed by atoms with Crippen molar-refractivity contribution < 1.29 is 29.6 Å². The van der Waals surface area contributed by atoms with E-state index in [0.717, 1.165) is 0 Å². The molecule has 30 heavy (non-hydrogen) atoms. The van der Waals surface area contributed by atoms with E-state index in [-0.39, 0.29) is 39.3 Å². The zero-order valence-corrected chi connectivity index (χ0v) is 16.8. The molecule has 0 fully saturated rings. The van der Waals surface area contributed by atoms with Gasteiger partial charge in [0.05, 0.1) is 11.1 Å². The van der Waals surface area contributed by atoms with Gasteiger partial charge in [0.1, 0.15) is 17.1 Å². The highest BCUT2D eigenvalue weighted by Crippen LogP contribution is 2.46. The van der Waals surface area contributed by atoms with Crippen molar-refractivity contribution in [2.75, 3.05) is 0 Å². The van der Waals surface area contributed by atoms with E-state index in [1.54, 1.807) is 57.2 Å². The highest BCUT2D eigenvalue weighted by Gasteiger charge is 2.26. The van der Waals surface area contributed by atoms with Gasteiger partial charge in [0, 0.05) is 22.3 Å². The molecule has 6 heteroatoms. The van der Waals surface area contributed by atoms with E-state index in [9.17, 15) is 24.9 Å². The van der Waals surface area contributed by atoms with Gasteiger partial charge in [0.25, 0.3) is 0 Å². The minimum absolute atomic E-state index is 0.0469. The summed E-state index contributed by atoms with van der Waals surface area (Å²) in [6.45, 7) is 5.23. The van der Waals surface area contributed by atoms with Crippen molar-refractivity contribution in [1.82, 2.24) is 0 Å². The summed E-state index contributed by atoms with van der Waals surface area (Å²) in [4.78, 5) is 24.6. The number of carbonyl (C=O) groups is 2. The molecule has 3 rings (SSSR count). The number of hydrogen-bond acceptors (Lipinski definition) is 5. The first-order valence-electron chi connectivity index (χ1n) is 9.30. The van der Waals surface area contributed by atoms with Gasteiger partial charge in [0.2, 0.25) is 0 Å². The molecular formula is C24H22O6. The smallest absolute Gasteiger partial charge is 0.339 e. The number of carboxylic acid groups (broad SMARTS) is 1. The summed E-state index contributed by atoms with van der Waals surface area (Å²) < 4.78 is 5.49. The standard InChI is InChI=1S/C24H22O6/c1-24(2,3)30-23(29)17-11-7-5-9-15(17)21-19(26)13-12-18(25)20(21)14-8-4-6-10-16(14)22(27)28/h4-13,25-26H,1-3H3,(H,27,28). The van der Waals surface area contributed by atoms with Crippen LogP contribution in [-0.2, 0) is 4.74 Å². The summed E-state index contributed by atoms with van der Waals surface area (Å²) in [5.41, 5.74) is 0.192. The van der Waals surface area contributed by atoms with Gasteiger partial charge >= 0.3 is 11.9 Å². The van der Waals surface area contributed by atoms with Crippen LogP contribution in [-0.4, -0.2) is 32.9 Å². The normalized spacial score (nSPS) is 11.2. The molecule has 0 aromatic heterocycles. The maximum atomic E-state index is 12.8. The summed E-state index contributed by atoms with van der Waals surface area (Å²) >= 11 is 0. The van der Waals surface area contributed by atoms with Crippen molar-refractivity contribution in [3.63, 3.8) is 0 Å². The quantitative estimate of drug-likeness (QED) is 0.412. The predicted molar refractivity (Wildman–Crippen MR) is 113 cm³/mol. The van der Waals surface area contributed by atoms with E-state index in [2.05, 4.69) is 0 Å². The minimum atomic E-state index is -1.18. The van der Waals surface area contributed by atoms with Crippen LogP contribution in [0.2, 0.25) is 0 Å². The van der Waals surface area contributed by atoms with Crippen LogP contribution in [0.25, 0.3) is 22.3 Å². The second-order valence-corrected chi connectivity index (χ2v) is 7.75. The first-order valence-corrected chi connectivity index (χ1v) is 9.30. The second-order valence-electron chi connectivity index (χ2n) is 7.75. The van der Waals surface area contributed by atoms with Gasteiger partial charge < -0.3 is 20.1 Å². The molecule has 0 atom stereocenters. The largest absolute Gasteiger partial charge is 0.507 e. The zero-order valence-electron chi connectivity index (χ0n) is 16.8. The van der Waals surface area contributed by atoms with Gasteiger partial charge in [-0.05, 0) is 45.0 Å². The van der Waals surface area contributed by atoms with E-state index in [4.69, 9.17) is 4.74 Å². The number of benzene rings is 3. The number of phenols is 2. The Morgan fingerprint density at radius 2 is 1.17 bits per heavy atom. The van der Waals surface area contributed by atoms with Crippen LogP contribution in [0.3, 0.4) is 0 Å². The number of aromatic carboxylic acids is 1. The Morgan fingerprint density at radius 1 is 0.733 bits per heavy atom. The molecule has 154 valence electrons. The van der Waals surface area contributed by atoms with E-state index in [1.165, 1.54) is 24.3 Å². The highest BCUT2D eigenvalue weighted by atomic mass is 16.6. The first kappa shape index (κ1) is 20.9.